The number of ether oxygens (including phenoxy) is 2. The molecule has 0 spiro atoms. The second kappa shape index (κ2) is 6.47. The topological polar surface area (TPSA) is 50.7 Å². The summed E-state index contributed by atoms with van der Waals surface area (Å²) in [5.41, 5.74) is 1.05. The number of hydrogen-bond donors (Lipinski definition) is 2. The maximum atomic E-state index is 9.03. The lowest BCUT2D eigenvalue weighted by atomic mass is 10.1. The van der Waals surface area contributed by atoms with Crippen LogP contribution < -0.4 is 14.8 Å². The van der Waals surface area contributed by atoms with Gasteiger partial charge < -0.3 is 19.9 Å². The Hall–Kier alpha value is -1.26. The largest absolute Gasteiger partial charge is 0.497 e. The monoisotopic (exact) mass is 239 g/mol. The molecule has 96 valence electrons. The van der Waals surface area contributed by atoms with E-state index in [1.165, 1.54) is 0 Å². The van der Waals surface area contributed by atoms with Gasteiger partial charge in [-0.25, -0.2) is 0 Å². The Morgan fingerprint density at radius 2 is 1.94 bits per heavy atom. The Morgan fingerprint density at radius 1 is 1.24 bits per heavy atom. The Kier molecular flexibility index (Phi) is 5.25. The van der Waals surface area contributed by atoms with E-state index in [0.717, 1.165) is 17.1 Å². The first kappa shape index (κ1) is 13.8. The predicted molar refractivity (Wildman–Crippen MR) is 67.6 cm³/mol. The number of benzene rings is 1. The molecule has 0 amide bonds. The molecule has 0 aliphatic rings. The van der Waals surface area contributed by atoms with E-state index in [1.807, 2.05) is 32.0 Å². The quantitative estimate of drug-likeness (QED) is 0.794. The van der Waals surface area contributed by atoms with Gasteiger partial charge in [0.15, 0.2) is 0 Å². The molecule has 2 atom stereocenters. The number of aliphatic hydroxyl groups excluding tert-OH is 1. The summed E-state index contributed by atoms with van der Waals surface area (Å²) in [5.74, 6) is 1.56. The van der Waals surface area contributed by atoms with Crippen LogP contribution in [0.15, 0.2) is 18.2 Å². The summed E-state index contributed by atoms with van der Waals surface area (Å²) in [5, 5.41) is 12.3. The zero-order valence-corrected chi connectivity index (χ0v) is 10.9. The molecule has 0 saturated carbocycles. The normalized spacial score (nSPS) is 14.2. The van der Waals surface area contributed by atoms with Crippen molar-refractivity contribution in [1.29, 1.82) is 0 Å². The summed E-state index contributed by atoms with van der Waals surface area (Å²) < 4.78 is 10.5. The van der Waals surface area contributed by atoms with Crippen LogP contribution in [0, 0.1) is 0 Å². The third-order valence-electron chi connectivity index (χ3n) is 2.72. The van der Waals surface area contributed by atoms with Crippen LogP contribution >= 0.6 is 0 Å². The second-order valence-electron chi connectivity index (χ2n) is 4.08. The van der Waals surface area contributed by atoms with Crippen LogP contribution in [-0.2, 0) is 0 Å². The van der Waals surface area contributed by atoms with Crippen LogP contribution in [0.5, 0.6) is 11.5 Å². The van der Waals surface area contributed by atoms with E-state index in [2.05, 4.69) is 5.32 Å². The lowest BCUT2D eigenvalue weighted by Gasteiger charge is -2.21. The van der Waals surface area contributed by atoms with Gasteiger partial charge in [-0.15, -0.1) is 0 Å². The first-order valence-electron chi connectivity index (χ1n) is 5.71. The highest BCUT2D eigenvalue weighted by atomic mass is 16.5. The maximum absolute atomic E-state index is 9.03. The van der Waals surface area contributed by atoms with Crippen molar-refractivity contribution in [2.75, 3.05) is 20.8 Å². The Balaban J connectivity index is 2.88. The summed E-state index contributed by atoms with van der Waals surface area (Å²) >= 11 is 0. The fraction of sp³-hybridized carbons (Fsp3) is 0.538. The summed E-state index contributed by atoms with van der Waals surface area (Å²) in [6.45, 7) is 4.09. The molecule has 0 saturated heterocycles. The van der Waals surface area contributed by atoms with Crippen LogP contribution in [0.25, 0.3) is 0 Å². The van der Waals surface area contributed by atoms with Crippen LogP contribution in [0.3, 0.4) is 0 Å². The van der Waals surface area contributed by atoms with Crippen molar-refractivity contribution in [2.24, 2.45) is 0 Å². The first-order valence-corrected chi connectivity index (χ1v) is 5.71. The van der Waals surface area contributed by atoms with Gasteiger partial charge >= 0.3 is 0 Å². The molecule has 0 bridgehead atoms. The molecule has 1 aromatic rings. The van der Waals surface area contributed by atoms with E-state index < -0.39 is 0 Å². The number of rotatable bonds is 6. The van der Waals surface area contributed by atoms with Crippen LogP contribution in [-0.4, -0.2) is 32.0 Å². The zero-order valence-electron chi connectivity index (χ0n) is 10.9. The number of nitrogens with one attached hydrogen (secondary N) is 1. The van der Waals surface area contributed by atoms with Crippen molar-refractivity contribution in [3.63, 3.8) is 0 Å². The smallest absolute Gasteiger partial charge is 0.127 e. The van der Waals surface area contributed by atoms with Crippen molar-refractivity contribution >= 4 is 0 Å². The Bertz CT molecular complexity index is 355. The number of hydrogen-bond acceptors (Lipinski definition) is 4. The van der Waals surface area contributed by atoms with Gasteiger partial charge in [0.25, 0.3) is 0 Å². The third-order valence-corrected chi connectivity index (χ3v) is 2.72. The third kappa shape index (κ3) is 3.61. The minimum atomic E-state index is 0.0526. The molecule has 0 aromatic heterocycles. The van der Waals surface area contributed by atoms with Gasteiger partial charge in [0.2, 0.25) is 0 Å². The number of methoxy groups -OCH3 is 2. The highest BCUT2D eigenvalue weighted by Gasteiger charge is 2.14. The average molecular weight is 239 g/mol. The van der Waals surface area contributed by atoms with E-state index >= 15 is 0 Å². The standard InChI is InChI=1S/C13H21NO3/c1-9(8-15)14-10(2)12-6-5-11(16-3)7-13(12)17-4/h5-7,9-10,14-15H,8H2,1-4H3/t9-,10?/m1/s1. The molecule has 4 nitrogen and oxygen atoms in total. The first-order chi connectivity index (χ1) is 8.12. The van der Waals surface area contributed by atoms with Crippen LogP contribution in [0.2, 0.25) is 0 Å². The van der Waals surface area contributed by atoms with E-state index in [9.17, 15) is 0 Å². The second-order valence-corrected chi connectivity index (χ2v) is 4.08. The van der Waals surface area contributed by atoms with Gasteiger partial charge in [0.05, 0.1) is 20.8 Å². The van der Waals surface area contributed by atoms with Crippen LogP contribution in [0.1, 0.15) is 25.5 Å². The fourth-order valence-corrected chi connectivity index (χ4v) is 1.75. The molecule has 0 aliphatic carbocycles. The van der Waals surface area contributed by atoms with Crippen molar-refractivity contribution in [3.05, 3.63) is 23.8 Å². The summed E-state index contributed by atoms with van der Waals surface area (Å²) in [6, 6.07) is 5.89. The molecule has 0 radical (unpaired) electrons. The van der Waals surface area contributed by atoms with Crippen molar-refractivity contribution in [1.82, 2.24) is 5.32 Å². The predicted octanol–water partition coefficient (Wildman–Crippen LogP) is 1.74. The molecule has 1 unspecified atom stereocenters. The fourth-order valence-electron chi connectivity index (χ4n) is 1.75. The molecule has 0 aliphatic heterocycles. The minimum Gasteiger partial charge on any atom is -0.497 e. The van der Waals surface area contributed by atoms with E-state index in [0.29, 0.717) is 0 Å². The van der Waals surface area contributed by atoms with Crippen molar-refractivity contribution < 1.29 is 14.6 Å². The molecule has 0 fully saturated rings. The van der Waals surface area contributed by atoms with Gasteiger partial charge in [0, 0.05) is 23.7 Å². The average Bonchev–Trinajstić information content (AvgIpc) is 2.37. The molecule has 1 rings (SSSR count). The SMILES string of the molecule is COc1ccc(C(C)N[C@H](C)CO)c(OC)c1. The molecule has 1 aromatic carbocycles. The van der Waals surface area contributed by atoms with E-state index in [1.54, 1.807) is 14.2 Å². The van der Waals surface area contributed by atoms with Gasteiger partial charge in [-0.05, 0) is 19.9 Å². The summed E-state index contributed by atoms with van der Waals surface area (Å²) in [7, 11) is 3.27. The van der Waals surface area contributed by atoms with Crippen LogP contribution in [0.4, 0.5) is 0 Å². The lowest BCUT2D eigenvalue weighted by Crippen LogP contribution is -2.31. The highest BCUT2D eigenvalue weighted by Crippen LogP contribution is 2.29. The van der Waals surface area contributed by atoms with Gasteiger partial charge in [0.1, 0.15) is 11.5 Å². The highest BCUT2D eigenvalue weighted by molar-refractivity contribution is 5.42. The van der Waals surface area contributed by atoms with Crippen molar-refractivity contribution in [3.8, 4) is 11.5 Å². The van der Waals surface area contributed by atoms with E-state index in [-0.39, 0.29) is 18.7 Å². The summed E-state index contributed by atoms with van der Waals surface area (Å²) in [6.07, 6.45) is 0. The van der Waals surface area contributed by atoms with Crippen molar-refractivity contribution in [2.45, 2.75) is 25.9 Å². The van der Waals surface area contributed by atoms with Gasteiger partial charge in [-0.3, -0.25) is 0 Å². The minimum absolute atomic E-state index is 0.0526. The molecule has 0 heterocycles. The lowest BCUT2D eigenvalue weighted by molar-refractivity contribution is 0.242. The molecule has 2 N–H and O–H groups in total. The zero-order chi connectivity index (χ0) is 12.8. The molecular weight excluding hydrogens is 218 g/mol. The number of aliphatic hydroxyl groups is 1. The van der Waals surface area contributed by atoms with E-state index in [4.69, 9.17) is 14.6 Å². The Morgan fingerprint density at radius 3 is 2.47 bits per heavy atom. The Labute approximate surface area is 103 Å². The molecule has 4 heteroatoms. The summed E-state index contributed by atoms with van der Waals surface area (Å²) in [4.78, 5) is 0. The molecule has 17 heavy (non-hydrogen) atoms. The maximum Gasteiger partial charge on any atom is 0.127 e. The molecular formula is C13H21NO3. The van der Waals surface area contributed by atoms with Gasteiger partial charge in [-0.1, -0.05) is 6.07 Å². The van der Waals surface area contributed by atoms with Gasteiger partial charge in [-0.2, -0.15) is 0 Å².